The van der Waals surface area contributed by atoms with Gasteiger partial charge in [0.15, 0.2) is 5.13 Å². The number of aryl methyl sites for hydroxylation is 2. The molecule has 0 radical (unpaired) electrons. The lowest BCUT2D eigenvalue weighted by Gasteiger charge is -2.23. The van der Waals surface area contributed by atoms with Crippen molar-refractivity contribution in [3.05, 3.63) is 94.3 Å². The number of rotatable bonds is 4. The maximum atomic E-state index is 13.7. The van der Waals surface area contributed by atoms with Gasteiger partial charge in [-0.25, -0.2) is 9.37 Å². The van der Waals surface area contributed by atoms with E-state index in [-0.39, 0.29) is 11.3 Å². The van der Waals surface area contributed by atoms with Gasteiger partial charge in [-0.05, 0) is 73.0 Å². The van der Waals surface area contributed by atoms with Gasteiger partial charge >= 0.3 is 5.91 Å². The number of ether oxygens (including phenoxy) is 1. The second-order valence-corrected chi connectivity index (χ2v) is 9.38. The number of ketones is 1. The number of carbonyl (C=O) groups is 2. The second kappa shape index (κ2) is 8.63. The number of aliphatic hydroxyl groups excluding tert-OH is 1. The van der Waals surface area contributed by atoms with E-state index >= 15 is 0 Å². The fourth-order valence-electron chi connectivity index (χ4n) is 4.29. The molecule has 1 N–H and O–H groups in total. The van der Waals surface area contributed by atoms with Gasteiger partial charge in [0.25, 0.3) is 5.78 Å². The number of carbonyl (C=O) groups excluding carboxylic acids is 2. The Labute approximate surface area is 204 Å². The Balaban J connectivity index is 1.72. The highest BCUT2D eigenvalue weighted by Crippen LogP contribution is 2.44. The maximum absolute atomic E-state index is 13.7. The van der Waals surface area contributed by atoms with Crippen LogP contribution in [0.4, 0.5) is 9.52 Å². The Hall–Kier alpha value is -4.04. The molecule has 3 aromatic carbocycles. The average Bonchev–Trinajstić information content (AvgIpc) is 3.37. The lowest BCUT2D eigenvalue weighted by molar-refractivity contribution is -0.132. The number of aromatic nitrogens is 1. The number of halogens is 1. The Morgan fingerprint density at radius 2 is 1.80 bits per heavy atom. The minimum Gasteiger partial charge on any atom is -0.507 e. The predicted octanol–water partition coefficient (Wildman–Crippen LogP) is 5.69. The Bertz CT molecular complexity index is 1520. The summed E-state index contributed by atoms with van der Waals surface area (Å²) < 4.78 is 19.9. The molecule has 1 aromatic heterocycles. The molecule has 0 bridgehead atoms. The number of Topliss-reactive ketones (excluding diaryl/α,β-unsaturated/α-hetero) is 1. The molecule has 176 valence electrons. The minimum atomic E-state index is -0.973. The molecule has 0 aliphatic carbocycles. The summed E-state index contributed by atoms with van der Waals surface area (Å²) in [6, 6.07) is 15.3. The molecular weight excluding hydrogens is 467 g/mol. The summed E-state index contributed by atoms with van der Waals surface area (Å²) in [7, 11) is 1.54. The van der Waals surface area contributed by atoms with E-state index in [1.54, 1.807) is 25.3 Å². The van der Waals surface area contributed by atoms with Crippen LogP contribution in [0.2, 0.25) is 0 Å². The van der Waals surface area contributed by atoms with Crippen molar-refractivity contribution in [1.82, 2.24) is 4.98 Å². The van der Waals surface area contributed by atoms with Crippen LogP contribution in [0.1, 0.15) is 28.3 Å². The van der Waals surface area contributed by atoms with Gasteiger partial charge in [-0.15, -0.1) is 0 Å². The minimum absolute atomic E-state index is 0.0818. The van der Waals surface area contributed by atoms with E-state index in [4.69, 9.17) is 4.74 Å². The van der Waals surface area contributed by atoms with Gasteiger partial charge in [-0.1, -0.05) is 29.5 Å². The topological polar surface area (TPSA) is 79.7 Å². The van der Waals surface area contributed by atoms with Crippen molar-refractivity contribution in [3.63, 3.8) is 0 Å². The lowest BCUT2D eigenvalue weighted by atomic mass is 9.95. The van der Waals surface area contributed by atoms with Gasteiger partial charge in [0, 0.05) is 5.56 Å². The van der Waals surface area contributed by atoms with Gasteiger partial charge < -0.3 is 9.84 Å². The van der Waals surface area contributed by atoms with E-state index < -0.39 is 23.5 Å². The summed E-state index contributed by atoms with van der Waals surface area (Å²) in [5, 5.41) is 11.6. The number of methoxy groups -OCH3 is 1. The van der Waals surface area contributed by atoms with Crippen molar-refractivity contribution < 1.29 is 23.8 Å². The summed E-state index contributed by atoms with van der Waals surface area (Å²) in [5.41, 5.74) is 3.26. The Morgan fingerprint density at radius 1 is 1.06 bits per heavy atom. The zero-order chi connectivity index (χ0) is 24.9. The first-order valence-electron chi connectivity index (χ1n) is 10.9. The lowest BCUT2D eigenvalue weighted by Crippen LogP contribution is -2.29. The van der Waals surface area contributed by atoms with Crippen molar-refractivity contribution in [2.45, 2.75) is 19.9 Å². The summed E-state index contributed by atoms with van der Waals surface area (Å²) in [6.07, 6.45) is 0. The number of anilines is 1. The number of hydrogen-bond donors (Lipinski definition) is 1. The number of benzene rings is 3. The Kier molecular flexibility index (Phi) is 5.61. The first kappa shape index (κ1) is 22.7. The quantitative estimate of drug-likeness (QED) is 0.227. The molecular formula is C27H21FN2O4S. The van der Waals surface area contributed by atoms with Gasteiger partial charge in [0.1, 0.15) is 17.3 Å². The van der Waals surface area contributed by atoms with Gasteiger partial charge in [0.05, 0.1) is 28.9 Å². The molecule has 1 amide bonds. The summed E-state index contributed by atoms with van der Waals surface area (Å²) in [5.74, 6) is -1.78. The highest BCUT2D eigenvalue weighted by atomic mass is 32.1. The van der Waals surface area contributed by atoms with Crippen LogP contribution >= 0.6 is 11.3 Å². The molecule has 4 aromatic rings. The molecule has 1 aliphatic heterocycles. The molecule has 2 heterocycles. The van der Waals surface area contributed by atoms with E-state index in [0.29, 0.717) is 27.5 Å². The van der Waals surface area contributed by atoms with Crippen molar-refractivity contribution in [3.8, 4) is 5.75 Å². The highest BCUT2D eigenvalue weighted by Gasteiger charge is 2.48. The third-order valence-corrected chi connectivity index (χ3v) is 7.05. The number of amides is 1. The molecule has 5 rings (SSSR count). The molecule has 8 heteroatoms. The molecule has 1 aliphatic rings. The van der Waals surface area contributed by atoms with Crippen LogP contribution in [-0.4, -0.2) is 28.9 Å². The number of thiazole rings is 1. The summed E-state index contributed by atoms with van der Waals surface area (Å²) >= 11 is 1.28. The van der Waals surface area contributed by atoms with Gasteiger partial charge in [0.2, 0.25) is 0 Å². The predicted molar refractivity (Wildman–Crippen MR) is 133 cm³/mol. The number of hydrogen-bond acceptors (Lipinski definition) is 6. The van der Waals surface area contributed by atoms with Crippen LogP contribution in [0.25, 0.3) is 16.0 Å². The monoisotopic (exact) mass is 488 g/mol. The fraction of sp³-hybridized carbons (Fsp3) is 0.148. The SMILES string of the molecule is COc1ccc(/C(O)=C2\C(=O)C(=O)N(c3nc4ccc(C)cc4s3)[C@H]2c2ccc(F)cc2)cc1C. The van der Waals surface area contributed by atoms with E-state index in [9.17, 15) is 19.1 Å². The molecule has 1 fully saturated rings. The number of nitrogens with zero attached hydrogens (tertiary/aromatic N) is 2. The second-order valence-electron chi connectivity index (χ2n) is 8.37. The summed E-state index contributed by atoms with van der Waals surface area (Å²) in [4.78, 5) is 32.5. The van der Waals surface area contributed by atoms with Crippen molar-refractivity contribution >= 4 is 44.1 Å². The van der Waals surface area contributed by atoms with Gasteiger partial charge in [-0.3, -0.25) is 14.5 Å². The van der Waals surface area contributed by atoms with Gasteiger partial charge in [-0.2, -0.15) is 0 Å². The van der Waals surface area contributed by atoms with E-state index in [1.165, 1.54) is 40.5 Å². The van der Waals surface area contributed by atoms with Crippen molar-refractivity contribution in [2.75, 3.05) is 12.0 Å². The molecule has 0 saturated carbocycles. The molecule has 35 heavy (non-hydrogen) atoms. The molecule has 1 atom stereocenters. The van der Waals surface area contributed by atoms with Crippen LogP contribution in [0.5, 0.6) is 5.75 Å². The molecule has 0 unspecified atom stereocenters. The largest absolute Gasteiger partial charge is 0.507 e. The van der Waals surface area contributed by atoms with E-state index in [2.05, 4.69) is 4.98 Å². The van der Waals surface area contributed by atoms with E-state index in [1.807, 2.05) is 32.0 Å². The number of aliphatic hydroxyl groups is 1. The van der Waals surface area contributed by atoms with Crippen LogP contribution in [0, 0.1) is 19.7 Å². The smallest absolute Gasteiger partial charge is 0.301 e. The first-order chi connectivity index (χ1) is 16.8. The van der Waals surface area contributed by atoms with Crippen molar-refractivity contribution in [1.29, 1.82) is 0 Å². The number of fused-ring (bicyclic) bond motifs is 1. The average molecular weight is 489 g/mol. The van der Waals surface area contributed by atoms with E-state index in [0.717, 1.165) is 15.8 Å². The highest BCUT2D eigenvalue weighted by molar-refractivity contribution is 7.22. The zero-order valence-electron chi connectivity index (χ0n) is 19.2. The zero-order valence-corrected chi connectivity index (χ0v) is 20.0. The third-order valence-electron chi connectivity index (χ3n) is 6.04. The van der Waals surface area contributed by atoms with Crippen LogP contribution in [0.15, 0.2) is 66.2 Å². The standard InChI is InChI=1S/C27H21FN2O4S/c1-14-4-10-19-21(12-14)35-27(29-19)30-23(16-5-8-18(28)9-6-16)22(25(32)26(30)33)24(31)17-7-11-20(34-3)15(2)13-17/h4-13,23,31H,1-3H3/b24-22+/t23-/m0/s1. The van der Waals surface area contributed by atoms with Crippen molar-refractivity contribution in [2.24, 2.45) is 0 Å². The first-order valence-corrected chi connectivity index (χ1v) is 11.7. The summed E-state index contributed by atoms with van der Waals surface area (Å²) in [6.45, 7) is 3.77. The molecule has 0 spiro atoms. The third kappa shape index (κ3) is 3.85. The normalized spacial score (nSPS) is 17.4. The molecule has 1 saturated heterocycles. The van der Waals surface area contributed by atoms with Crippen LogP contribution in [0.3, 0.4) is 0 Å². The molecule has 6 nitrogen and oxygen atoms in total. The fourth-order valence-corrected chi connectivity index (χ4v) is 5.38. The maximum Gasteiger partial charge on any atom is 0.301 e. The van der Waals surface area contributed by atoms with Crippen LogP contribution < -0.4 is 9.64 Å². The van der Waals surface area contributed by atoms with Crippen LogP contribution in [-0.2, 0) is 9.59 Å². The Morgan fingerprint density at radius 3 is 2.49 bits per heavy atom.